The van der Waals surface area contributed by atoms with Crippen LogP contribution >= 0.6 is 0 Å². The summed E-state index contributed by atoms with van der Waals surface area (Å²) >= 11 is 0. The van der Waals surface area contributed by atoms with Crippen LogP contribution in [0.1, 0.15) is 31.0 Å². The zero-order valence-corrected chi connectivity index (χ0v) is 14.1. The Labute approximate surface area is 144 Å². The van der Waals surface area contributed by atoms with E-state index >= 15 is 0 Å². The van der Waals surface area contributed by atoms with Gasteiger partial charge in [0.15, 0.2) is 0 Å². The molecule has 6 nitrogen and oxygen atoms in total. The first kappa shape index (κ1) is 17.5. The van der Waals surface area contributed by atoms with Gasteiger partial charge in [-0.2, -0.15) is 0 Å². The lowest BCUT2D eigenvalue weighted by molar-refractivity contribution is -0.116. The number of aromatic nitrogens is 3. The van der Waals surface area contributed by atoms with Crippen LogP contribution < -0.4 is 5.32 Å². The molecule has 0 bridgehead atoms. The fourth-order valence-corrected chi connectivity index (χ4v) is 3.14. The molecule has 3 rings (SSSR count). The normalized spacial score (nSPS) is 16.1. The van der Waals surface area contributed by atoms with Gasteiger partial charge in [0.2, 0.25) is 5.91 Å². The smallest absolute Gasteiger partial charge is 0.225 e. The Hall–Kier alpha value is -2.35. The second-order valence-electron chi connectivity index (χ2n) is 6.34. The van der Waals surface area contributed by atoms with E-state index in [4.69, 9.17) is 0 Å². The van der Waals surface area contributed by atoms with Gasteiger partial charge < -0.3 is 14.8 Å². The van der Waals surface area contributed by atoms with Crippen LogP contribution in [0.15, 0.2) is 24.5 Å². The Bertz CT molecular complexity index is 740. The third-order valence-electron chi connectivity index (χ3n) is 4.56. The number of aryl methyl sites for hydroxylation is 1. The van der Waals surface area contributed by atoms with Crippen LogP contribution in [0, 0.1) is 11.6 Å². The number of piperidine rings is 1. The maximum absolute atomic E-state index is 13.5. The van der Waals surface area contributed by atoms with Crippen molar-refractivity contribution in [2.75, 3.05) is 25.0 Å². The van der Waals surface area contributed by atoms with Crippen molar-refractivity contribution in [3.05, 3.63) is 42.0 Å². The number of benzene rings is 1. The van der Waals surface area contributed by atoms with E-state index in [1.165, 1.54) is 6.07 Å². The summed E-state index contributed by atoms with van der Waals surface area (Å²) in [6.45, 7) is 2.38. The Morgan fingerprint density at radius 3 is 2.72 bits per heavy atom. The van der Waals surface area contributed by atoms with Crippen LogP contribution in [-0.2, 0) is 11.8 Å². The van der Waals surface area contributed by atoms with Gasteiger partial charge >= 0.3 is 0 Å². The van der Waals surface area contributed by atoms with E-state index in [9.17, 15) is 13.6 Å². The van der Waals surface area contributed by atoms with E-state index in [1.807, 2.05) is 11.6 Å². The quantitative estimate of drug-likeness (QED) is 0.900. The first-order valence-corrected chi connectivity index (χ1v) is 8.34. The van der Waals surface area contributed by atoms with Gasteiger partial charge in [-0.15, -0.1) is 10.2 Å². The second kappa shape index (κ2) is 7.69. The molecule has 134 valence electrons. The third-order valence-corrected chi connectivity index (χ3v) is 4.56. The molecular weight excluding hydrogens is 328 g/mol. The lowest BCUT2D eigenvalue weighted by Crippen LogP contribution is -2.35. The molecule has 1 fully saturated rings. The zero-order chi connectivity index (χ0) is 17.8. The molecule has 1 amide bonds. The van der Waals surface area contributed by atoms with Crippen LogP contribution in [0.25, 0.3) is 0 Å². The highest BCUT2D eigenvalue weighted by atomic mass is 19.1. The molecule has 1 N–H and O–H groups in total. The summed E-state index contributed by atoms with van der Waals surface area (Å²) in [5.41, 5.74) is 0.00684. The van der Waals surface area contributed by atoms with Crippen molar-refractivity contribution < 1.29 is 13.6 Å². The zero-order valence-electron chi connectivity index (χ0n) is 14.1. The number of halogens is 2. The fraction of sp³-hybridized carbons (Fsp3) is 0.471. The number of amides is 1. The van der Waals surface area contributed by atoms with Crippen molar-refractivity contribution in [3.8, 4) is 0 Å². The summed E-state index contributed by atoms with van der Waals surface area (Å²) in [4.78, 5) is 14.2. The van der Waals surface area contributed by atoms with Crippen LogP contribution in [0.3, 0.4) is 0 Å². The molecule has 8 heteroatoms. The van der Waals surface area contributed by atoms with Crippen LogP contribution in [0.5, 0.6) is 0 Å². The van der Waals surface area contributed by atoms with Crippen molar-refractivity contribution in [3.63, 3.8) is 0 Å². The Kier molecular flexibility index (Phi) is 5.37. The van der Waals surface area contributed by atoms with Gasteiger partial charge in [0.1, 0.15) is 23.8 Å². The molecule has 0 radical (unpaired) electrons. The van der Waals surface area contributed by atoms with E-state index in [2.05, 4.69) is 20.4 Å². The van der Waals surface area contributed by atoms with Crippen molar-refractivity contribution in [1.29, 1.82) is 0 Å². The maximum atomic E-state index is 13.5. The monoisotopic (exact) mass is 349 g/mol. The number of hydrogen-bond acceptors (Lipinski definition) is 4. The van der Waals surface area contributed by atoms with E-state index in [1.54, 1.807) is 6.33 Å². The maximum Gasteiger partial charge on any atom is 0.225 e. The van der Waals surface area contributed by atoms with Crippen molar-refractivity contribution >= 4 is 11.6 Å². The van der Waals surface area contributed by atoms with Gasteiger partial charge in [0, 0.05) is 32.0 Å². The van der Waals surface area contributed by atoms with Crippen LogP contribution in [-0.4, -0.2) is 45.2 Å². The minimum Gasteiger partial charge on any atom is -0.324 e. The second-order valence-corrected chi connectivity index (χ2v) is 6.34. The summed E-state index contributed by atoms with van der Waals surface area (Å²) in [5.74, 6) is -0.310. The molecule has 0 atom stereocenters. The van der Waals surface area contributed by atoms with Crippen molar-refractivity contribution in [2.24, 2.45) is 7.05 Å². The molecule has 0 aliphatic carbocycles. The Morgan fingerprint density at radius 1 is 1.32 bits per heavy atom. The van der Waals surface area contributed by atoms with Crippen molar-refractivity contribution in [2.45, 2.75) is 25.2 Å². The van der Waals surface area contributed by atoms with Crippen LogP contribution in [0.4, 0.5) is 14.5 Å². The number of nitrogens with zero attached hydrogens (tertiary/aromatic N) is 4. The fourth-order valence-electron chi connectivity index (χ4n) is 3.14. The van der Waals surface area contributed by atoms with Gasteiger partial charge in [-0.25, -0.2) is 8.78 Å². The number of nitrogens with one attached hydrogen (secondary N) is 1. The van der Waals surface area contributed by atoms with Gasteiger partial charge in [-0.1, -0.05) is 0 Å². The highest BCUT2D eigenvalue weighted by Gasteiger charge is 2.24. The predicted molar refractivity (Wildman–Crippen MR) is 89.0 cm³/mol. The van der Waals surface area contributed by atoms with Gasteiger partial charge in [0.25, 0.3) is 0 Å². The molecule has 0 spiro atoms. The number of likely N-dealkylation sites (tertiary alicyclic amines) is 1. The summed E-state index contributed by atoms with van der Waals surface area (Å²) in [7, 11) is 1.95. The molecule has 1 aromatic heterocycles. The highest BCUT2D eigenvalue weighted by Crippen LogP contribution is 2.26. The highest BCUT2D eigenvalue weighted by molar-refractivity contribution is 5.90. The summed E-state index contributed by atoms with van der Waals surface area (Å²) in [5, 5.41) is 10.6. The topological polar surface area (TPSA) is 63.1 Å². The van der Waals surface area contributed by atoms with E-state index in [-0.39, 0.29) is 18.0 Å². The average molecular weight is 349 g/mol. The molecular formula is C17H21F2N5O. The third kappa shape index (κ3) is 4.39. The molecule has 0 unspecified atom stereocenters. The van der Waals surface area contributed by atoms with Crippen LogP contribution in [0.2, 0.25) is 0 Å². The largest absolute Gasteiger partial charge is 0.324 e. The van der Waals surface area contributed by atoms with Crippen molar-refractivity contribution in [1.82, 2.24) is 19.7 Å². The SMILES string of the molecule is Cn1cnnc1C1CCN(CCC(=O)Nc2ccc(F)cc2F)CC1. The molecule has 1 aliphatic heterocycles. The summed E-state index contributed by atoms with van der Waals surface area (Å²) in [6, 6.07) is 3.11. The van der Waals surface area contributed by atoms with Gasteiger partial charge in [-0.3, -0.25) is 4.79 Å². The first-order valence-electron chi connectivity index (χ1n) is 8.34. The molecule has 1 saturated heterocycles. The summed E-state index contributed by atoms with van der Waals surface area (Å²) < 4.78 is 28.4. The number of carbonyl (C=O) groups is 1. The Morgan fingerprint density at radius 2 is 2.08 bits per heavy atom. The lowest BCUT2D eigenvalue weighted by Gasteiger charge is -2.31. The lowest BCUT2D eigenvalue weighted by atomic mass is 9.96. The van der Waals surface area contributed by atoms with Gasteiger partial charge in [0.05, 0.1) is 5.69 Å². The van der Waals surface area contributed by atoms with E-state index in [0.29, 0.717) is 12.5 Å². The minimum atomic E-state index is -0.766. The molecule has 1 aromatic carbocycles. The predicted octanol–water partition coefficient (Wildman–Crippen LogP) is 2.30. The number of rotatable bonds is 5. The molecule has 2 aromatic rings. The van der Waals surface area contributed by atoms with E-state index < -0.39 is 11.6 Å². The molecule has 25 heavy (non-hydrogen) atoms. The summed E-state index contributed by atoms with van der Waals surface area (Å²) in [6.07, 6.45) is 3.92. The molecule has 1 aliphatic rings. The average Bonchev–Trinajstić information content (AvgIpc) is 3.02. The number of hydrogen-bond donors (Lipinski definition) is 1. The standard InChI is InChI=1S/C17H21F2N5O/c1-23-11-20-22-17(23)12-4-7-24(8-5-12)9-6-16(25)21-15-3-2-13(18)10-14(15)19/h2-3,10-12H,4-9H2,1H3,(H,21,25). The first-order chi connectivity index (χ1) is 12.0. The Balaban J connectivity index is 1.43. The minimum absolute atomic E-state index is 0.00684. The van der Waals surface area contributed by atoms with E-state index in [0.717, 1.165) is 43.9 Å². The van der Waals surface area contributed by atoms with Gasteiger partial charge in [-0.05, 0) is 38.1 Å². The molecule has 0 saturated carbocycles. The number of anilines is 1. The molecule has 2 heterocycles. The number of carbonyl (C=O) groups excluding carboxylic acids is 1.